The molecule has 22 heavy (non-hydrogen) atoms. The van der Waals surface area contributed by atoms with Crippen molar-refractivity contribution in [2.45, 2.75) is 0 Å². The molecule has 102 valence electrons. The number of halogens is 2. The lowest BCUT2D eigenvalue weighted by molar-refractivity contribution is 1.50. The van der Waals surface area contributed by atoms with Crippen LogP contribution in [0.3, 0.4) is 0 Å². The highest BCUT2D eigenvalue weighted by molar-refractivity contribution is 9.11. The molecule has 0 aliphatic rings. The minimum atomic E-state index is 0.632. The van der Waals surface area contributed by atoms with Crippen molar-refractivity contribution >= 4 is 64.2 Å². The molecule has 4 aromatic carbocycles. The van der Waals surface area contributed by atoms with Crippen molar-refractivity contribution < 1.29 is 0 Å². The zero-order chi connectivity index (χ0) is 15.4. The van der Waals surface area contributed by atoms with E-state index < -0.39 is 0 Å². The SMILES string of the molecule is N#Cc1cc(Br)c2ccc3c(C#N)cc(Br)c4ccc1c2c43. The van der Waals surface area contributed by atoms with E-state index >= 15 is 0 Å². The van der Waals surface area contributed by atoms with Crippen LogP contribution in [-0.2, 0) is 0 Å². The summed E-state index contributed by atoms with van der Waals surface area (Å²) in [5, 5.41) is 24.8. The van der Waals surface area contributed by atoms with Crippen LogP contribution in [-0.4, -0.2) is 0 Å². The third kappa shape index (κ3) is 1.63. The van der Waals surface area contributed by atoms with Crippen LogP contribution in [0.4, 0.5) is 0 Å². The fraction of sp³-hybridized carbons (Fsp3) is 0. The summed E-state index contributed by atoms with van der Waals surface area (Å²) in [6.07, 6.45) is 0. The molecular formula is C18H6Br2N2. The van der Waals surface area contributed by atoms with Crippen molar-refractivity contribution in [2.75, 3.05) is 0 Å². The minimum Gasteiger partial charge on any atom is -0.192 e. The zero-order valence-electron chi connectivity index (χ0n) is 11.1. The number of nitriles is 2. The molecule has 4 heteroatoms. The Kier molecular flexibility index (Phi) is 2.87. The number of nitrogens with zero attached hydrogens (tertiary/aromatic N) is 2. The summed E-state index contributed by atoms with van der Waals surface area (Å²) in [5.41, 5.74) is 1.26. The topological polar surface area (TPSA) is 47.6 Å². The van der Waals surface area contributed by atoms with Gasteiger partial charge in [-0.2, -0.15) is 10.5 Å². The molecule has 0 N–H and O–H groups in total. The minimum absolute atomic E-state index is 0.632. The Labute approximate surface area is 143 Å². The van der Waals surface area contributed by atoms with Crippen LogP contribution >= 0.6 is 31.9 Å². The second kappa shape index (κ2) is 4.68. The molecule has 0 saturated heterocycles. The molecule has 0 radical (unpaired) electrons. The van der Waals surface area contributed by atoms with Gasteiger partial charge >= 0.3 is 0 Å². The van der Waals surface area contributed by atoms with E-state index in [1.165, 1.54) is 0 Å². The number of hydrogen-bond donors (Lipinski definition) is 0. The quantitative estimate of drug-likeness (QED) is 0.342. The Morgan fingerprint density at radius 2 is 1.00 bits per heavy atom. The second-order valence-corrected chi connectivity index (χ2v) is 6.82. The van der Waals surface area contributed by atoms with Crippen molar-refractivity contribution in [3.05, 3.63) is 56.5 Å². The summed E-state index contributed by atoms with van der Waals surface area (Å²) >= 11 is 7.12. The molecule has 0 aliphatic heterocycles. The van der Waals surface area contributed by atoms with Crippen molar-refractivity contribution in [1.29, 1.82) is 10.5 Å². The van der Waals surface area contributed by atoms with Crippen molar-refractivity contribution in [2.24, 2.45) is 0 Å². The Morgan fingerprint density at radius 3 is 1.36 bits per heavy atom. The number of rotatable bonds is 0. The predicted molar refractivity (Wildman–Crippen MR) is 95.0 cm³/mol. The molecule has 0 atom stereocenters. The molecule has 0 aliphatic carbocycles. The zero-order valence-corrected chi connectivity index (χ0v) is 14.3. The highest BCUT2D eigenvalue weighted by Gasteiger charge is 2.16. The average Bonchev–Trinajstić information content (AvgIpc) is 2.55. The Bertz CT molecular complexity index is 1070. The largest absolute Gasteiger partial charge is 0.192 e. The molecule has 0 saturated carbocycles. The van der Waals surface area contributed by atoms with E-state index in [9.17, 15) is 10.5 Å². The van der Waals surface area contributed by atoms with Crippen LogP contribution in [0.15, 0.2) is 45.3 Å². The first-order valence-electron chi connectivity index (χ1n) is 6.55. The molecule has 0 fully saturated rings. The van der Waals surface area contributed by atoms with Crippen molar-refractivity contribution in [3.8, 4) is 12.1 Å². The monoisotopic (exact) mass is 408 g/mol. The second-order valence-electron chi connectivity index (χ2n) is 5.11. The fourth-order valence-electron chi connectivity index (χ4n) is 3.09. The van der Waals surface area contributed by atoms with E-state index in [4.69, 9.17) is 0 Å². The van der Waals surface area contributed by atoms with Gasteiger partial charge in [0.1, 0.15) is 0 Å². The maximum Gasteiger partial charge on any atom is 0.0998 e. The first-order valence-corrected chi connectivity index (χ1v) is 8.14. The van der Waals surface area contributed by atoms with Gasteiger partial charge in [0.2, 0.25) is 0 Å². The molecule has 0 unspecified atom stereocenters. The van der Waals surface area contributed by atoms with E-state index in [2.05, 4.69) is 44.0 Å². The van der Waals surface area contributed by atoms with E-state index in [0.717, 1.165) is 41.3 Å². The Morgan fingerprint density at radius 1 is 0.636 bits per heavy atom. The molecule has 4 aromatic rings. The standard InChI is InChI=1S/C18H6Br2N2/c19-15-6-10(8-22)12-2-4-14-16(20)5-9(7-21)11-1-3-13(15)18(12)17(11)14/h1-6H. The lowest BCUT2D eigenvalue weighted by atomic mass is 9.90. The van der Waals surface area contributed by atoms with Gasteiger partial charge in [-0.1, -0.05) is 56.1 Å². The first-order chi connectivity index (χ1) is 10.7. The van der Waals surface area contributed by atoms with Gasteiger partial charge in [0.25, 0.3) is 0 Å². The van der Waals surface area contributed by atoms with Crippen LogP contribution in [0.25, 0.3) is 32.3 Å². The van der Waals surface area contributed by atoms with E-state index in [1.807, 2.05) is 36.4 Å². The molecule has 0 heterocycles. The van der Waals surface area contributed by atoms with Crippen LogP contribution in [0.1, 0.15) is 11.1 Å². The average molecular weight is 410 g/mol. The van der Waals surface area contributed by atoms with Crippen LogP contribution in [0.5, 0.6) is 0 Å². The third-order valence-electron chi connectivity index (χ3n) is 4.04. The summed E-state index contributed by atoms with van der Waals surface area (Å²) in [5.74, 6) is 0. The Balaban J connectivity index is 2.45. The number of benzene rings is 4. The third-order valence-corrected chi connectivity index (χ3v) is 5.35. The van der Waals surface area contributed by atoms with Crippen molar-refractivity contribution in [3.63, 3.8) is 0 Å². The molecule has 0 bridgehead atoms. The van der Waals surface area contributed by atoms with E-state index in [0.29, 0.717) is 11.1 Å². The summed E-state index contributed by atoms with van der Waals surface area (Å²) in [4.78, 5) is 0. The molecule has 0 aromatic heterocycles. The number of hydrogen-bond acceptors (Lipinski definition) is 2. The van der Waals surface area contributed by atoms with Gasteiger partial charge in [-0.15, -0.1) is 0 Å². The lowest BCUT2D eigenvalue weighted by Gasteiger charge is -2.14. The first kappa shape index (κ1) is 13.5. The van der Waals surface area contributed by atoms with Gasteiger partial charge in [-0.05, 0) is 33.7 Å². The molecule has 0 spiro atoms. The van der Waals surface area contributed by atoms with Crippen LogP contribution < -0.4 is 0 Å². The summed E-state index contributed by atoms with van der Waals surface area (Å²) < 4.78 is 1.79. The van der Waals surface area contributed by atoms with Gasteiger partial charge in [0.15, 0.2) is 0 Å². The summed E-state index contributed by atoms with van der Waals surface area (Å²) in [6, 6.07) is 16.2. The summed E-state index contributed by atoms with van der Waals surface area (Å²) in [6.45, 7) is 0. The highest BCUT2D eigenvalue weighted by Crippen LogP contribution is 2.42. The molecule has 0 amide bonds. The van der Waals surface area contributed by atoms with Crippen molar-refractivity contribution in [1.82, 2.24) is 0 Å². The highest BCUT2D eigenvalue weighted by atomic mass is 79.9. The van der Waals surface area contributed by atoms with Gasteiger partial charge < -0.3 is 0 Å². The van der Waals surface area contributed by atoms with Gasteiger partial charge in [-0.25, -0.2) is 0 Å². The smallest absolute Gasteiger partial charge is 0.0998 e. The lowest BCUT2D eigenvalue weighted by Crippen LogP contribution is -1.91. The van der Waals surface area contributed by atoms with E-state index in [-0.39, 0.29) is 0 Å². The Hall–Kier alpha value is -2.14. The molecule has 4 rings (SSSR count). The fourth-order valence-corrected chi connectivity index (χ4v) is 4.21. The van der Waals surface area contributed by atoms with Gasteiger partial charge in [0, 0.05) is 19.7 Å². The summed E-state index contributed by atoms with van der Waals surface area (Å²) in [7, 11) is 0. The van der Waals surface area contributed by atoms with Crippen LogP contribution in [0.2, 0.25) is 0 Å². The van der Waals surface area contributed by atoms with Crippen LogP contribution in [0, 0.1) is 22.7 Å². The normalized spacial score (nSPS) is 11.1. The predicted octanol–water partition coefficient (Wildman–Crippen LogP) is 5.85. The van der Waals surface area contributed by atoms with E-state index in [1.54, 1.807) is 0 Å². The maximum absolute atomic E-state index is 9.42. The maximum atomic E-state index is 9.42. The van der Waals surface area contributed by atoms with Gasteiger partial charge in [0.05, 0.1) is 23.3 Å². The molecular weight excluding hydrogens is 404 g/mol. The molecule has 2 nitrogen and oxygen atoms in total. The van der Waals surface area contributed by atoms with Gasteiger partial charge in [-0.3, -0.25) is 0 Å².